The summed E-state index contributed by atoms with van der Waals surface area (Å²) < 4.78 is 0. The third kappa shape index (κ3) is 2.20. The Morgan fingerprint density at radius 3 is 2.67 bits per heavy atom. The van der Waals surface area contributed by atoms with E-state index >= 15 is 0 Å². The normalized spacial score (nSPS) is 16.0. The summed E-state index contributed by atoms with van der Waals surface area (Å²) in [6.45, 7) is 1.94. The molecule has 0 spiro atoms. The Hall–Kier alpha value is -0.0900. The first-order valence-electron chi connectivity index (χ1n) is 3.62. The van der Waals surface area contributed by atoms with Crippen molar-refractivity contribution in [3.63, 3.8) is 0 Å². The second kappa shape index (κ2) is 4.23. The summed E-state index contributed by atoms with van der Waals surface area (Å²) in [6.07, 6.45) is -1.72. The van der Waals surface area contributed by atoms with Crippen molar-refractivity contribution in [2.24, 2.45) is 0 Å². The second-order valence-electron chi connectivity index (χ2n) is 2.69. The minimum Gasteiger partial charge on any atom is -0.389 e. The van der Waals surface area contributed by atoms with Gasteiger partial charge in [-0.25, -0.2) is 0 Å². The maximum absolute atomic E-state index is 9.48. The number of halogens is 1. The molecule has 2 nitrogen and oxygen atoms in total. The molecule has 0 saturated carbocycles. The van der Waals surface area contributed by atoms with Crippen LogP contribution >= 0.6 is 22.9 Å². The Labute approximate surface area is 80.4 Å². The van der Waals surface area contributed by atoms with Crippen molar-refractivity contribution in [2.45, 2.75) is 19.1 Å². The monoisotopic (exact) mass is 206 g/mol. The van der Waals surface area contributed by atoms with Gasteiger partial charge in [-0.05, 0) is 23.9 Å². The SMILES string of the molecule is Cc1csc(C(O)C(O)CCl)c1. The van der Waals surface area contributed by atoms with Gasteiger partial charge >= 0.3 is 0 Å². The van der Waals surface area contributed by atoms with Crippen molar-refractivity contribution in [3.05, 3.63) is 21.9 Å². The van der Waals surface area contributed by atoms with Crippen LogP contribution in [0.25, 0.3) is 0 Å². The average Bonchev–Trinajstić information content (AvgIpc) is 2.49. The zero-order valence-electron chi connectivity index (χ0n) is 6.70. The van der Waals surface area contributed by atoms with Gasteiger partial charge in [0, 0.05) is 4.88 Å². The van der Waals surface area contributed by atoms with Gasteiger partial charge in [-0.2, -0.15) is 0 Å². The van der Waals surface area contributed by atoms with E-state index in [1.807, 2.05) is 18.4 Å². The first-order chi connectivity index (χ1) is 5.65. The third-order valence-corrected chi connectivity index (χ3v) is 3.00. The maximum atomic E-state index is 9.48. The van der Waals surface area contributed by atoms with Crippen molar-refractivity contribution in [3.8, 4) is 0 Å². The molecule has 1 aromatic rings. The van der Waals surface area contributed by atoms with Crippen LogP contribution in [0.4, 0.5) is 0 Å². The lowest BCUT2D eigenvalue weighted by molar-refractivity contribution is 0.0350. The van der Waals surface area contributed by atoms with E-state index in [0.29, 0.717) is 0 Å². The van der Waals surface area contributed by atoms with Gasteiger partial charge in [-0.15, -0.1) is 22.9 Å². The van der Waals surface area contributed by atoms with Crippen LogP contribution in [0, 0.1) is 6.92 Å². The second-order valence-corrected chi connectivity index (χ2v) is 3.94. The highest BCUT2D eigenvalue weighted by atomic mass is 35.5. The first-order valence-corrected chi connectivity index (χ1v) is 5.03. The van der Waals surface area contributed by atoms with E-state index in [-0.39, 0.29) is 5.88 Å². The number of alkyl halides is 1. The third-order valence-electron chi connectivity index (χ3n) is 1.56. The largest absolute Gasteiger partial charge is 0.389 e. The summed E-state index contributed by atoms with van der Waals surface area (Å²) in [7, 11) is 0. The van der Waals surface area contributed by atoms with Gasteiger partial charge in [0.05, 0.1) is 12.0 Å². The van der Waals surface area contributed by atoms with Gasteiger partial charge in [0.2, 0.25) is 0 Å². The van der Waals surface area contributed by atoms with Gasteiger partial charge in [-0.1, -0.05) is 0 Å². The number of hydrogen-bond donors (Lipinski definition) is 2. The molecule has 0 radical (unpaired) electrons. The Bertz CT molecular complexity index is 249. The van der Waals surface area contributed by atoms with Crippen molar-refractivity contribution in [1.82, 2.24) is 0 Å². The molecule has 12 heavy (non-hydrogen) atoms. The summed E-state index contributed by atoms with van der Waals surface area (Å²) >= 11 is 6.83. The standard InChI is InChI=1S/C8H11ClO2S/c1-5-2-7(12-4-5)8(11)6(10)3-9/h2,4,6,8,10-11H,3H2,1H3. The van der Waals surface area contributed by atoms with Crippen LogP contribution in [0.15, 0.2) is 11.4 Å². The summed E-state index contributed by atoms with van der Waals surface area (Å²) in [5, 5.41) is 20.6. The Morgan fingerprint density at radius 2 is 2.25 bits per heavy atom. The molecule has 2 unspecified atom stereocenters. The predicted molar refractivity (Wildman–Crippen MR) is 50.7 cm³/mol. The van der Waals surface area contributed by atoms with E-state index in [9.17, 15) is 10.2 Å². The first kappa shape index (κ1) is 9.99. The van der Waals surface area contributed by atoms with E-state index < -0.39 is 12.2 Å². The van der Waals surface area contributed by atoms with Crippen LogP contribution < -0.4 is 0 Å². The van der Waals surface area contributed by atoms with Gasteiger partial charge in [0.1, 0.15) is 6.10 Å². The highest BCUT2D eigenvalue weighted by molar-refractivity contribution is 7.10. The van der Waals surface area contributed by atoms with E-state index in [1.165, 1.54) is 11.3 Å². The molecular formula is C8H11ClO2S. The Kier molecular flexibility index (Phi) is 3.53. The minimum atomic E-state index is -0.871. The topological polar surface area (TPSA) is 40.5 Å². The molecular weight excluding hydrogens is 196 g/mol. The molecule has 4 heteroatoms. The number of aliphatic hydroxyl groups is 2. The van der Waals surface area contributed by atoms with Crippen molar-refractivity contribution < 1.29 is 10.2 Å². The van der Waals surface area contributed by atoms with E-state index in [0.717, 1.165) is 10.4 Å². The van der Waals surface area contributed by atoms with Gasteiger partial charge in [0.25, 0.3) is 0 Å². The Balaban J connectivity index is 2.70. The van der Waals surface area contributed by atoms with Gasteiger partial charge in [-0.3, -0.25) is 0 Å². The quantitative estimate of drug-likeness (QED) is 0.739. The molecule has 2 N–H and O–H groups in total. The molecule has 0 fully saturated rings. The van der Waals surface area contributed by atoms with Crippen molar-refractivity contribution in [2.75, 3.05) is 5.88 Å². The lowest BCUT2D eigenvalue weighted by Crippen LogP contribution is -2.18. The molecule has 0 saturated heterocycles. The summed E-state index contributed by atoms with van der Waals surface area (Å²) in [6, 6.07) is 1.85. The number of aliphatic hydroxyl groups excluding tert-OH is 2. The van der Waals surface area contributed by atoms with E-state index in [1.54, 1.807) is 0 Å². The fourth-order valence-electron chi connectivity index (χ4n) is 0.883. The highest BCUT2D eigenvalue weighted by Gasteiger charge is 2.18. The molecule has 0 aromatic carbocycles. The Morgan fingerprint density at radius 1 is 1.58 bits per heavy atom. The molecule has 1 heterocycles. The predicted octanol–water partition coefficient (Wildman–Crippen LogP) is 1.69. The van der Waals surface area contributed by atoms with Crippen LogP contribution in [-0.4, -0.2) is 22.2 Å². The number of thiophene rings is 1. The smallest absolute Gasteiger partial charge is 0.115 e. The van der Waals surface area contributed by atoms with Crippen molar-refractivity contribution >= 4 is 22.9 Å². The number of rotatable bonds is 3. The zero-order chi connectivity index (χ0) is 9.14. The van der Waals surface area contributed by atoms with Crippen LogP contribution in [0.3, 0.4) is 0 Å². The summed E-state index contributed by atoms with van der Waals surface area (Å²) in [5.74, 6) is 0.0537. The molecule has 0 aliphatic heterocycles. The molecule has 0 bridgehead atoms. The number of hydrogen-bond acceptors (Lipinski definition) is 3. The zero-order valence-corrected chi connectivity index (χ0v) is 8.27. The highest BCUT2D eigenvalue weighted by Crippen LogP contribution is 2.24. The fraction of sp³-hybridized carbons (Fsp3) is 0.500. The van der Waals surface area contributed by atoms with Crippen LogP contribution in [0.5, 0.6) is 0 Å². The molecule has 1 rings (SSSR count). The maximum Gasteiger partial charge on any atom is 0.115 e. The van der Waals surface area contributed by atoms with E-state index in [4.69, 9.17) is 11.6 Å². The number of aryl methyl sites for hydroxylation is 1. The van der Waals surface area contributed by atoms with Gasteiger partial charge in [0.15, 0.2) is 0 Å². The fourth-order valence-corrected chi connectivity index (χ4v) is 1.99. The molecule has 0 aliphatic rings. The van der Waals surface area contributed by atoms with Crippen LogP contribution in [0.1, 0.15) is 16.5 Å². The molecule has 2 atom stereocenters. The molecule has 1 aromatic heterocycles. The van der Waals surface area contributed by atoms with Crippen molar-refractivity contribution in [1.29, 1.82) is 0 Å². The van der Waals surface area contributed by atoms with Crippen LogP contribution in [0.2, 0.25) is 0 Å². The summed E-state index contributed by atoms with van der Waals surface area (Å²) in [4.78, 5) is 0.764. The minimum absolute atomic E-state index is 0.0537. The molecule has 0 aliphatic carbocycles. The summed E-state index contributed by atoms with van der Waals surface area (Å²) in [5.41, 5.74) is 1.09. The van der Waals surface area contributed by atoms with Crippen LogP contribution in [-0.2, 0) is 0 Å². The van der Waals surface area contributed by atoms with E-state index in [2.05, 4.69) is 0 Å². The average molecular weight is 207 g/mol. The molecule has 68 valence electrons. The lowest BCUT2D eigenvalue weighted by atomic mass is 10.2. The lowest BCUT2D eigenvalue weighted by Gasteiger charge is -2.12. The van der Waals surface area contributed by atoms with Gasteiger partial charge < -0.3 is 10.2 Å². The molecule has 0 amide bonds.